The monoisotopic (exact) mass is 437 g/mol. The lowest BCUT2D eigenvalue weighted by molar-refractivity contribution is 0.272. The highest BCUT2D eigenvalue weighted by Crippen LogP contribution is 2.50. The molecule has 9 heteroatoms. The maximum absolute atomic E-state index is 14.1. The van der Waals surface area contributed by atoms with Crippen molar-refractivity contribution in [3.8, 4) is 5.75 Å². The predicted molar refractivity (Wildman–Crippen MR) is 110 cm³/mol. The van der Waals surface area contributed by atoms with Gasteiger partial charge in [0, 0.05) is 25.8 Å². The van der Waals surface area contributed by atoms with Gasteiger partial charge >= 0.3 is 6.01 Å². The molecule has 1 aliphatic heterocycles. The van der Waals surface area contributed by atoms with Crippen molar-refractivity contribution in [3.63, 3.8) is 0 Å². The molecule has 2 aliphatic rings. The Morgan fingerprint density at radius 2 is 2.07 bits per heavy atom. The van der Waals surface area contributed by atoms with E-state index < -0.39 is 15.7 Å². The van der Waals surface area contributed by atoms with E-state index in [0.717, 1.165) is 56.9 Å². The van der Waals surface area contributed by atoms with Gasteiger partial charge in [-0.3, -0.25) is 0 Å². The van der Waals surface area contributed by atoms with Crippen LogP contribution in [0.25, 0.3) is 0 Å². The molecule has 2 heterocycles. The van der Waals surface area contributed by atoms with Crippen LogP contribution in [0.15, 0.2) is 27.6 Å². The fraction of sp³-hybridized carbons (Fsp3) is 0.619. The van der Waals surface area contributed by atoms with Crippen LogP contribution in [0.5, 0.6) is 5.75 Å². The summed E-state index contributed by atoms with van der Waals surface area (Å²) >= 11 is 0. The second-order valence-electron chi connectivity index (χ2n) is 8.33. The van der Waals surface area contributed by atoms with Crippen molar-refractivity contribution in [2.75, 3.05) is 30.9 Å². The van der Waals surface area contributed by atoms with Gasteiger partial charge in [-0.1, -0.05) is 12.1 Å². The summed E-state index contributed by atoms with van der Waals surface area (Å²) < 4.78 is 48.0. The zero-order valence-electron chi connectivity index (χ0n) is 17.4. The zero-order valence-corrected chi connectivity index (χ0v) is 18.2. The number of benzene rings is 1. The number of hydrogen-bond donors (Lipinski definition) is 0. The van der Waals surface area contributed by atoms with Gasteiger partial charge in [0.15, 0.2) is 27.2 Å². The number of hydrogen-bond acceptors (Lipinski definition) is 7. The highest BCUT2D eigenvalue weighted by Gasteiger charge is 2.43. The minimum Gasteiger partial charge on any atom is -0.491 e. The van der Waals surface area contributed by atoms with Gasteiger partial charge in [0.05, 0.1) is 11.5 Å². The summed E-state index contributed by atoms with van der Waals surface area (Å²) in [6.07, 6.45) is 6.16. The van der Waals surface area contributed by atoms with E-state index in [0.29, 0.717) is 30.4 Å². The van der Waals surface area contributed by atoms with Crippen LogP contribution < -0.4 is 9.64 Å². The summed E-state index contributed by atoms with van der Waals surface area (Å²) in [5, 5.41) is 3.97. The second-order valence-corrected chi connectivity index (χ2v) is 10.3. The van der Waals surface area contributed by atoms with Crippen LogP contribution in [0.1, 0.15) is 38.4 Å². The first-order chi connectivity index (χ1) is 14.3. The number of aryl methyl sites for hydroxylation is 1. The second kappa shape index (κ2) is 8.53. The molecule has 0 radical (unpaired) electrons. The van der Waals surface area contributed by atoms with Gasteiger partial charge in [-0.05, 0) is 61.6 Å². The van der Waals surface area contributed by atoms with Crippen LogP contribution in [0, 0.1) is 23.6 Å². The molecule has 0 bridgehead atoms. The van der Waals surface area contributed by atoms with Crippen LogP contribution >= 0.6 is 0 Å². The molecule has 164 valence electrons. The number of sulfone groups is 1. The third kappa shape index (κ3) is 4.77. The average molecular weight is 438 g/mol. The van der Waals surface area contributed by atoms with Gasteiger partial charge < -0.3 is 14.2 Å². The van der Waals surface area contributed by atoms with E-state index in [1.807, 2.05) is 6.92 Å². The third-order valence-corrected chi connectivity index (χ3v) is 7.35. The minimum atomic E-state index is -3.42. The predicted octanol–water partition coefficient (Wildman–Crippen LogP) is 3.50. The molecule has 2 atom stereocenters. The van der Waals surface area contributed by atoms with Crippen molar-refractivity contribution >= 4 is 15.9 Å². The Bertz CT molecular complexity index is 986. The minimum absolute atomic E-state index is 0.0348. The van der Waals surface area contributed by atoms with Crippen molar-refractivity contribution in [2.24, 2.45) is 17.8 Å². The SMILES string of the molecule is CCc1noc(N2CCC([C@H]3C[C@H]3CCOc3ccc(S(C)(=O)=O)cc3F)CC2)n1. The van der Waals surface area contributed by atoms with E-state index in [1.165, 1.54) is 18.6 Å². The van der Waals surface area contributed by atoms with E-state index in [1.54, 1.807) is 0 Å². The Morgan fingerprint density at radius 3 is 2.70 bits per heavy atom. The van der Waals surface area contributed by atoms with Crippen LogP contribution in [-0.4, -0.2) is 44.5 Å². The molecule has 30 heavy (non-hydrogen) atoms. The Hall–Kier alpha value is -2.16. The average Bonchev–Trinajstić information content (AvgIpc) is 3.33. The third-order valence-electron chi connectivity index (χ3n) is 6.24. The molecule has 2 aromatic rings. The molecular formula is C21H28FN3O4S. The molecule has 0 N–H and O–H groups in total. The number of ether oxygens (including phenoxy) is 1. The van der Waals surface area contributed by atoms with Crippen LogP contribution in [0.2, 0.25) is 0 Å². The first-order valence-corrected chi connectivity index (χ1v) is 12.4. The normalized spacial score (nSPS) is 22.3. The van der Waals surface area contributed by atoms with E-state index in [2.05, 4.69) is 15.0 Å². The van der Waals surface area contributed by atoms with Gasteiger partial charge in [-0.2, -0.15) is 4.98 Å². The molecule has 0 unspecified atom stereocenters. The van der Waals surface area contributed by atoms with Crippen LogP contribution in [-0.2, 0) is 16.3 Å². The number of rotatable bonds is 8. The summed E-state index contributed by atoms with van der Waals surface area (Å²) in [5.74, 6) is 2.25. The lowest BCUT2D eigenvalue weighted by Gasteiger charge is -2.30. The molecule has 1 saturated carbocycles. The smallest absolute Gasteiger partial charge is 0.324 e. The van der Waals surface area contributed by atoms with E-state index in [9.17, 15) is 12.8 Å². The Morgan fingerprint density at radius 1 is 1.30 bits per heavy atom. The summed E-state index contributed by atoms with van der Waals surface area (Å²) in [6.45, 7) is 4.33. The quantitative estimate of drug-likeness (QED) is 0.625. The van der Waals surface area contributed by atoms with Crippen molar-refractivity contribution < 1.29 is 22.1 Å². The van der Waals surface area contributed by atoms with Gasteiger partial charge in [-0.15, -0.1) is 0 Å². The number of aromatic nitrogens is 2. The highest BCUT2D eigenvalue weighted by atomic mass is 32.2. The molecule has 2 fully saturated rings. The number of halogens is 1. The van der Waals surface area contributed by atoms with Gasteiger partial charge in [0.1, 0.15) is 0 Å². The zero-order chi connectivity index (χ0) is 21.3. The van der Waals surface area contributed by atoms with Crippen molar-refractivity contribution in [2.45, 2.75) is 43.9 Å². The van der Waals surface area contributed by atoms with Crippen molar-refractivity contribution in [3.05, 3.63) is 29.8 Å². The molecule has 1 aromatic heterocycles. The summed E-state index contributed by atoms with van der Waals surface area (Å²) in [5.41, 5.74) is 0. The van der Waals surface area contributed by atoms with E-state index in [4.69, 9.17) is 9.26 Å². The first-order valence-electron chi connectivity index (χ1n) is 10.5. The summed E-state index contributed by atoms with van der Waals surface area (Å²) in [6, 6.07) is 4.43. The Kier molecular flexibility index (Phi) is 5.99. The van der Waals surface area contributed by atoms with Crippen LogP contribution in [0.3, 0.4) is 0 Å². The van der Waals surface area contributed by atoms with Crippen molar-refractivity contribution in [1.29, 1.82) is 0 Å². The lowest BCUT2D eigenvalue weighted by Crippen LogP contribution is -2.34. The summed E-state index contributed by atoms with van der Waals surface area (Å²) in [7, 11) is -3.42. The topological polar surface area (TPSA) is 85.5 Å². The molecule has 0 amide bonds. The lowest BCUT2D eigenvalue weighted by atomic mass is 9.90. The molecule has 1 aromatic carbocycles. The molecule has 1 aliphatic carbocycles. The highest BCUT2D eigenvalue weighted by molar-refractivity contribution is 7.90. The van der Waals surface area contributed by atoms with Gasteiger partial charge in [0.2, 0.25) is 0 Å². The Balaban J connectivity index is 1.20. The fourth-order valence-corrected chi connectivity index (χ4v) is 5.00. The molecular weight excluding hydrogens is 409 g/mol. The largest absolute Gasteiger partial charge is 0.491 e. The first kappa shape index (κ1) is 21.1. The molecule has 0 spiro atoms. The number of anilines is 1. The van der Waals surface area contributed by atoms with Crippen molar-refractivity contribution in [1.82, 2.24) is 10.1 Å². The maximum atomic E-state index is 14.1. The van der Waals surface area contributed by atoms with E-state index in [-0.39, 0.29) is 10.6 Å². The Labute approximate surface area is 176 Å². The maximum Gasteiger partial charge on any atom is 0.324 e. The molecule has 4 rings (SSSR count). The van der Waals surface area contributed by atoms with Gasteiger partial charge in [-0.25, -0.2) is 12.8 Å². The number of piperidine rings is 1. The van der Waals surface area contributed by atoms with Crippen LogP contribution in [0.4, 0.5) is 10.4 Å². The summed E-state index contributed by atoms with van der Waals surface area (Å²) in [4.78, 5) is 6.55. The molecule has 7 nitrogen and oxygen atoms in total. The molecule has 1 saturated heterocycles. The fourth-order valence-electron chi connectivity index (χ4n) is 4.37. The number of nitrogens with zero attached hydrogens (tertiary/aromatic N) is 3. The standard InChI is InChI=1S/C21H28FN3O4S/c1-3-20-23-21(29-24-20)25-9-6-14(7-10-25)17-12-15(17)8-11-28-19-5-4-16(13-18(19)22)30(2,26)27/h4-5,13-15,17H,3,6-12H2,1-2H3/t15-,17-/m1/s1. The van der Waals surface area contributed by atoms with Gasteiger partial charge in [0.25, 0.3) is 0 Å². The van der Waals surface area contributed by atoms with E-state index >= 15 is 0 Å².